The van der Waals surface area contributed by atoms with Crippen molar-refractivity contribution in [2.24, 2.45) is 0 Å². The summed E-state index contributed by atoms with van der Waals surface area (Å²) in [5.41, 5.74) is 0.996. The SMILES string of the molecule is Cc1ccoc1C(O)Cc1sccc1Br. The summed E-state index contributed by atoms with van der Waals surface area (Å²) in [7, 11) is 0. The third-order valence-electron chi connectivity index (χ3n) is 2.27. The van der Waals surface area contributed by atoms with Crippen LogP contribution in [-0.2, 0) is 6.42 Å². The highest BCUT2D eigenvalue weighted by atomic mass is 79.9. The van der Waals surface area contributed by atoms with Crippen LogP contribution >= 0.6 is 27.3 Å². The molecule has 1 N–H and O–H groups in total. The average molecular weight is 287 g/mol. The van der Waals surface area contributed by atoms with Gasteiger partial charge in [-0.25, -0.2) is 0 Å². The Kier molecular flexibility index (Phi) is 3.29. The van der Waals surface area contributed by atoms with Crippen molar-refractivity contribution in [2.75, 3.05) is 0 Å². The standard InChI is InChI=1S/C11H11BrO2S/c1-7-2-4-14-11(7)9(13)6-10-8(12)3-5-15-10/h2-5,9,13H,6H2,1H3. The van der Waals surface area contributed by atoms with E-state index in [0.717, 1.165) is 14.9 Å². The third-order valence-corrected chi connectivity index (χ3v) is 4.22. The highest BCUT2D eigenvalue weighted by Crippen LogP contribution is 2.29. The van der Waals surface area contributed by atoms with Crippen LogP contribution in [0.25, 0.3) is 0 Å². The quantitative estimate of drug-likeness (QED) is 0.934. The number of thiophene rings is 1. The lowest BCUT2D eigenvalue weighted by Crippen LogP contribution is -2.00. The van der Waals surface area contributed by atoms with Crippen molar-refractivity contribution in [1.82, 2.24) is 0 Å². The minimum atomic E-state index is -0.560. The van der Waals surface area contributed by atoms with Gasteiger partial charge in [-0.2, -0.15) is 0 Å². The smallest absolute Gasteiger partial charge is 0.135 e. The van der Waals surface area contributed by atoms with Crippen LogP contribution in [0.3, 0.4) is 0 Å². The molecule has 0 aliphatic heterocycles. The Morgan fingerprint density at radius 3 is 2.87 bits per heavy atom. The summed E-state index contributed by atoms with van der Waals surface area (Å²) in [4.78, 5) is 1.14. The first-order valence-electron chi connectivity index (χ1n) is 4.62. The van der Waals surface area contributed by atoms with Gasteiger partial charge in [-0.05, 0) is 45.9 Å². The van der Waals surface area contributed by atoms with Gasteiger partial charge in [-0.1, -0.05) is 0 Å². The molecule has 0 saturated heterocycles. The topological polar surface area (TPSA) is 33.4 Å². The summed E-state index contributed by atoms with van der Waals surface area (Å²) in [5, 5.41) is 12.0. The van der Waals surface area contributed by atoms with E-state index < -0.39 is 6.10 Å². The molecule has 1 unspecified atom stereocenters. The summed E-state index contributed by atoms with van der Waals surface area (Å²) in [6, 6.07) is 3.85. The second-order valence-electron chi connectivity index (χ2n) is 3.38. The molecule has 4 heteroatoms. The first-order chi connectivity index (χ1) is 7.18. The van der Waals surface area contributed by atoms with Crippen molar-refractivity contribution < 1.29 is 9.52 Å². The van der Waals surface area contributed by atoms with Gasteiger partial charge in [0.05, 0.1) is 6.26 Å². The number of halogens is 1. The second kappa shape index (κ2) is 4.51. The molecule has 0 amide bonds. The van der Waals surface area contributed by atoms with Crippen LogP contribution in [0.2, 0.25) is 0 Å². The molecule has 0 aliphatic carbocycles. The summed E-state index contributed by atoms with van der Waals surface area (Å²) in [5.74, 6) is 0.662. The largest absolute Gasteiger partial charge is 0.466 e. The lowest BCUT2D eigenvalue weighted by atomic mass is 10.1. The maximum Gasteiger partial charge on any atom is 0.135 e. The number of aryl methyl sites for hydroxylation is 1. The summed E-state index contributed by atoms with van der Waals surface area (Å²) >= 11 is 5.08. The lowest BCUT2D eigenvalue weighted by molar-refractivity contribution is 0.150. The average Bonchev–Trinajstić information content (AvgIpc) is 2.76. The molecule has 0 radical (unpaired) electrons. The molecular weight excluding hydrogens is 276 g/mol. The van der Waals surface area contributed by atoms with E-state index in [1.54, 1.807) is 17.6 Å². The van der Waals surface area contributed by atoms with Gasteiger partial charge in [0.1, 0.15) is 11.9 Å². The molecule has 2 heterocycles. The summed E-state index contributed by atoms with van der Waals surface area (Å²) < 4.78 is 6.31. The molecule has 80 valence electrons. The van der Waals surface area contributed by atoms with Crippen molar-refractivity contribution in [2.45, 2.75) is 19.4 Å². The first kappa shape index (κ1) is 10.9. The summed E-state index contributed by atoms with van der Waals surface area (Å²) in [6.07, 6.45) is 1.64. The fourth-order valence-electron chi connectivity index (χ4n) is 1.46. The molecule has 2 nitrogen and oxygen atoms in total. The van der Waals surface area contributed by atoms with Gasteiger partial charge in [0.25, 0.3) is 0 Å². The van der Waals surface area contributed by atoms with E-state index in [0.29, 0.717) is 12.2 Å². The molecule has 2 aromatic heterocycles. The molecule has 0 aromatic carbocycles. The van der Waals surface area contributed by atoms with Crippen LogP contribution in [0.5, 0.6) is 0 Å². The molecule has 2 aromatic rings. The van der Waals surface area contributed by atoms with E-state index in [9.17, 15) is 5.11 Å². The molecule has 0 aliphatic rings. The van der Waals surface area contributed by atoms with Crippen LogP contribution in [-0.4, -0.2) is 5.11 Å². The maximum atomic E-state index is 9.98. The van der Waals surface area contributed by atoms with Gasteiger partial charge in [0.2, 0.25) is 0 Å². The Bertz CT molecular complexity index is 447. The predicted octanol–water partition coefficient (Wildman–Crippen LogP) is 3.69. The molecule has 0 saturated carbocycles. The molecule has 0 spiro atoms. The van der Waals surface area contributed by atoms with Gasteiger partial charge >= 0.3 is 0 Å². The van der Waals surface area contributed by atoms with Gasteiger partial charge in [0.15, 0.2) is 0 Å². The lowest BCUT2D eigenvalue weighted by Gasteiger charge is -2.07. The highest BCUT2D eigenvalue weighted by Gasteiger charge is 2.16. The zero-order chi connectivity index (χ0) is 10.8. The Morgan fingerprint density at radius 2 is 2.33 bits per heavy atom. The molecule has 1 atom stereocenters. The Morgan fingerprint density at radius 1 is 1.53 bits per heavy atom. The highest BCUT2D eigenvalue weighted by molar-refractivity contribution is 9.10. The molecule has 0 fully saturated rings. The molecule has 2 rings (SSSR count). The van der Waals surface area contributed by atoms with Crippen molar-refractivity contribution in [3.63, 3.8) is 0 Å². The van der Waals surface area contributed by atoms with E-state index in [-0.39, 0.29) is 0 Å². The van der Waals surface area contributed by atoms with Crippen molar-refractivity contribution >= 4 is 27.3 Å². The number of hydrogen-bond donors (Lipinski definition) is 1. The van der Waals surface area contributed by atoms with Gasteiger partial charge in [-0.3, -0.25) is 0 Å². The zero-order valence-corrected chi connectivity index (χ0v) is 10.6. The first-order valence-corrected chi connectivity index (χ1v) is 6.29. The van der Waals surface area contributed by atoms with Crippen LogP contribution < -0.4 is 0 Å². The number of aliphatic hydroxyl groups is 1. The Hall–Kier alpha value is -0.580. The Labute approximate surface area is 101 Å². The van der Waals surface area contributed by atoms with E-state index >= 15 is 0 Å². The van der Waals surface area contributed by atoms with Crippen LogP contribution in [0.15, 0.2) is 32.7 Å². The summed E-state index contributed by atoms with van der Waals surface area (Å²) in [6.45, 7) is 1.94. The van der Waals surface area contributed by atoms with Crippen LogP contribution in [0.4, 0.5) is 0 Å². The minimum Gasteiger partial charge on any atom is -0.466 e. The minimum absolute atomic E-state index is 0.560. The fraction of sp³-hybridized carbons (Fsp3) is 0.273. The number of hydrogen-bond acceptors (Lipinski definition) is 3. The van der Waals surface area contributed by atoms with Gasteiger partial charge in [-0.15, -0.1) is 11.3 Å². The van der Waals surface area contributed by atoms with Crippen molar-refractivity contribution in [1.29, 1.82) is 0 Å². The Balaban J connectivity index is 2.14. The van der Waals surface area contributed by atoms with E-state index in [1.165, 1.54) is 0 Å². The fourth-order valence-corrected chi connectivity index (χ4v) is 3.02. The van der Waals surface area contributed by atoms with E-state index in [1.807, 2.05) is 24.4 Å². The molecular formula is C11H11BrO2S. The van der Waals surface area contributed by atoms with E-state index in [2.05, 4.69) is 15.9 Å². The van der Waals surface area contributed by atoms with Crippen LogP contribution in [0.1, 0.15) is 22.3 Å². The third kappa shape index (κ3) is 2.33. The normalized spacial score (nSPS) is 13.0. The van der Waals surface area contributed by atoms with E-state index in [4.69, 9.17) is 4.42 Å². The van der Waals surface area contributed by atoms with Crippen LogP contribution in [0, 0.1) is 6.92 Å². The molecule has 15 heavy (non-hydrogen) atoms. The van der Waals surface area contributed by atoms with Gasteiger partial charge in [0, 0.05) is 15.8 Å². The van der Waals surface area contributed by atoms with Gasteiger partial charge < -0.3 is 9.52 Å². The van der Waals surface area contributed by atoms with Crippen molar-refractivity contribution in [3.05, 3.63) is 44.4 Å². The number of rotatable bonds is 3. The zero-order valence-electron chi connectivity index (χ0n) is 8.24. The number of aliphatic hydroxyl groups excluding tert-OH is 1. The maximum absolute atomic E-state index is 9.98. The number of furan rings is 1. The molecule has 0 bridgehead atoms. The monoisotopic (exact) mass is 286 g/mol. The van der Waals surface area contributed by atoms with Crippen molar-refractivity contribution in [3.8, 4) is 0 Å². The predicted molar refractivity (Wildman–Crippen MR) is 64.1 cm³/mol. The second-order valence-corrected chi connectivity index (χ2v) is 5.23.